The highest BCUT2D eigenvalue weighted by Gasteiger charge is 1.93. The van der Waals surface area contributed by atoms with E-state index < -0.39 is 9.83 Å². The van der Waals surface area contributed by atoms with E-state index in [4.69, 9.17) is 0 Å². The number of hydrogen-bond acceptors (Lipinski definition) is 2. The monoisotopic (exact) mass is 176 g/mol. The Labute approximate surface area is 68.4 Å². The molecule has 0 amide bonds. The van der Waals surface area contributed by atoms with E-state index >= 15 is 0 Å². The smallest absolute Gasteiger partial charge is 0.0845 e. The summed E-state index contributed by atoms with van der Waals surface area (Å²) in [4.78, 5) is 0. The second-order valence-corrected chi connectivity index (χ2v) is 4.94. The van der Waals surface area contributed by atoms with Crippen LogP contribution in [0.15, 0.2) is 24.8 Å². The van der Waals surface area contributed by atoms with Gasteiger partial charge in [0.05, 0.1) is 15.6 Å². The van der Waals surface area contributed by atoms with Crippen LogP contribution in [0.4, 0.5) is 0 Å². The van der Waals surface area contributed by atoms with Gasteiger partial charge in [-0.3, -0.25) is 0 Å². The minimum Gasteiger partial charge on any atom is -0.248 e. The van der Waals surface area contributed by atoms with Gasteiger partial charge in [-0.25, -0.2) is 4.21 Å². The highest BCUT2D eigenvalue weighted by atomic mass is 33.1. The molecule has 0 saturated heterocycles. The maximum Gasteiger partial charge on any atom is 0.0845 e. The molecule has 0 saturated carbocycles. The molecule has 0 fully saturated rings. The fraction of sp³-hybridized carbons (Fsp3) is 0.429. The maximum atomic E-state index is 10.9. The van der Waals surface area contributed by atoms with Crippen LogP contribution in [0, 0.1) is 0 Å². The quantitative estimate of drug-likeness (QED) is 0.471. The molecule has 0 heterocycles. The Bertz CT molecular complexity index is 141. The molecule has 0 aliphatic heterocycles. The summed E-state index contributed by atoms with van der Waals surface area (Å²) in [6.07, 6.45) is 5.58. The van der Waals surface area contributed by atoms with Crippen molar-refractivity contribution in [3.63, 3.8) is 0 Å². The van der Waals surface area contributed by atoms with Crippen molar-refractivity contribution in [2.75, 3.05) is 11.5 Å². The van der Waals surface area contributed by atoms with Crippen molar-refractivity contribution in [2.45, 2.75) is 6.92 Å². The van der Waals surface area contributed by atoms with Crippen molar-refractivity contribution >= 4 is 20.6 Å². The van der Waals surface area contributed by atoms with Crippen molar-refractivity contribution in [1.82, 2.24) is 0 Å². The maximum absolute atomic E-state index is 10.9. The van der Waals surface area contributed by atoms with Crippen LogP contribution >= 0.6 is 10.8 Å². The minimum atomic E-state index is -0.761. The third-order valence-electron chi connectivity index (χ3n) is 0.785. The zero-order valence-corrected chi connectivity index (χ0v) is 7.71. The van der Waals surface area contributed by atoms with Crippen molar-refractivity contribution in [3.05, 3.63) is 24.8 Å². The van der Waals surface area contributed by atoms with E-state index in [9.17, 15) is 4.21 Å². The normalized spacial score (nSPS) is 13.7. The standard InChI is InChI=1S/C7H12OS2/c1-3-5-7-10(8)9-6-4-2/h3-5H,2,6-7H2,1H3. The number of allylic oxidation sites excluding steroid dienone is 1. The minimum absolute atomic E-state index is 0.648. The van der Waals surface area contributed by atoms with Gasteiger partial charge in [-0.15, -0.1) is 6.58 Å². The van der Waals surface area contributed by atoms with Crippen LogP contribution in [-0.4, -0.2) is 15.7 Å². The van der Waals surface area contributed by atoms with Gasteiger partial charge in [0.2, 0.25) is 0 Å². The molecule has 0 bridgehead atoms. The molecule has 3 heteroatoms. The lowest BCUT2D eigenvalue weighted by molar-refractivity contribution is 0.693. The highest BCUT2D eigenvalue weighted by molar-refractivity contribution is 8.69. The molecule has 0 aliphatic carbocycles. The van der Waals surface area contributed by atoms with Gasteiger partial charge >= 0.3 is 0 Å². The molecular formula is C7H12OS2. The Morgan fingerprint density at radius 2 is 2.40 bits per heavy atom. The lowest BCUT2D eigenvalue weighted by Gasteiger charge is -1.91. The zero-order valence-electron chi connectivity index (χ0n) is 6.08. The SMILES string of the molecule is C=CCSS(=O)CC=CC. The van der Waals surface area contributed by atoms with Crippen molar-refractivity contribution in [1.29, 1.82) is 0 Å². The van der Waals surface area contributed by atoms with Crippen molar-refractivity contribution < 1.29 is 4.21 Å². The van der Waals surface area contributed by atoms with Crippen molar-refractivity contribution in [2.24, 2.45) is 0 Å². The first-order valence-electron chi connectivity index (χ1n) is 3.05. The van der Waals surface area contributed by atoms with Crippen LogP contribution in [0.5, 0.6) is 0 Å². The predicted octanol–water partition coefficient (Wildman–Crippen LogP) is 2.15. The summed E-state index contributed by atoms with van der Waals surface area (Å²) in [7, 11) is 0.658. The molecule has 0 N–H and O–H groups in total. The topological polar surface area (TPSA) is 17.1 Å². The summed E-state index contributed by atoms with van der Waals surface area (Å²) in [5.41, 5.74) is 0. The van der Waals surface area contributed by atoms with E-state index in [1.54, 1.807) is 6.08 Å². The summed E-state index contributed by atoms with van der Waals surface area (Å²) in [5.74, 6) is 1.42. The molecule has 0 rings (SSSR count). The first-order valence-corrected chi connectivity index (χ1v) is 5.87. The van der Waals surface area contributed by atoms with Gasteiger partial charge in [0, 0.05) is 5.75 Å². The Kier molecular flexibility index (Phi) is 7.08. The Morgan fingerprint density at radius 1 is 1.70 bits per heavy atom. The molecule has 0 aromatic rings. The van der Waals surface area contributed by atoms with E-state index in [0.29, 0.717) is 5.75 Å². The average Bonchev–Trinajstić information content (AvgIpc) is 1.97. The summed E-state index contributed by atoms with van der Waals surface area (Å²) in [6, 6.07) is 0. The molecule has 1 atom stereocenters. The van der Waals surface area contributed by atoms with Crippen molar-refractivity contribution in [3.8, 4) is 0 Å². The molecule has 10 heavy (non-hydrogen) atoms. The molecule has 58 valence electrons. The van der Waals surface area contributed by atoms with E-state index in [1.807, 2.05) is 19.1 Å². The third kappa shape index (κ3) is 6.11. The van der Waals surface area contributed by atoms with Crippen LogP contribution in [0.1, 0.15) is 6.92 Å². The molecular weight excluding hydrogens is 164 g/mol. The largest absolute Gasteiger partial charge is 0.248 e. The van der Waals surface area contributed by atoms with Gasteiger partial charge in [0.15, 0.2) is 0 Å². The molecule has 1 nitrogen and oxygen atoms in total. The third-order valence-corrected chi connectivity index (χ3v) is 3.49. The molecule has 0 aromatic carbocycles. The molecule has 0 radical (unpaired) electrons. The number of hydrogen-bond donors (Lipinski definition) is 0. The van der Waals surface area contributed by atoms with Gasteiger partial charge in [-0.2, -0.15) is 0 Å². The fourth-order valence-electron chi connectivity index (χ4n) is 0.347. The summed E-state index contributed by atoms with van der Waals surface area (Å²) < 4.78 is 10.9. The second-order valence-electron chi connectivity index (χ2n) is 1.61. The summed E-state index contributed by atoms with van der Waals surface area (Å²) >= 11 is 0. The van der Waals surface area contributed by atoms with E-state index in [2.05, 4.69) is 6.58 Å². The average molecular weight is 176 g/mol. The Hall–Kier alpha value is -0.0200. The summed E-state index contributed by atoms with van der Waals surface area (Å²) in [6.45, 7) is 5.47. The van der Waals surface area contributed by atoms with E-state index in [0.717, 1.165) is 5.75 Å². The van der Waals surface area contributed by atoms with Crippen LogP contribution < -0.4 is 0 Å². The van der Waals surface area contributed by atoms with Gasteiger partial charge < -0.3 is 0 Å². The van der Waals surface area contributed by atoms with Gasteiger partial charge in [0.1, 0.15) is 0 Å². The van der Waals surface area contributed by atoms with E-state index in [-0.39, 0.29) is 0 Å². The Balaban J connectivity index is 3.34. The first kappa shape index (κ1) is 9.98. The Morgan fingerprint density at radius 3 is 2.90 bits per heavy atom. The van der Waals surface area contributed by atoms with Gasteiger partial charge in [0.25, 0.3) is 0 Å². The zero-order chi connectivity index (χ0) is 7.82. The lowest BCUT2D eigenvalue weighted by Crippen LogP contribution is -1.87. The molecule has 1 unspecified atom stereocenters. The second kappa shape index (κ2) is 7.09. The van der Waals surface area contributed by atoms with Crippen LogP contribution in [-0.2, 0) is 9.83 Å². The molecule has 0 aromatic heterocycles. The fourth-order valence-corrected chi connectivity index (χ4v) is 2.31. The lowest BCUT2D eigenvalue weighted by atomic mass is 10.6. The van der Waals surface area contributed by atoms with Crippen LogP contribution in [0.2, 0.25) is 0 Å². The van der Waals surface area contributed by atoms with Crippen LogP contribution in [0.25, 0.3) is 0 Å². The van der Waals surface area contributed by atoms with E-state index in [1.165, 1.54) is 10.8 Å². The molecule has 0 spiro atoms. The number of rotatable bonds is 5. The highest BCUT2D eigenvalue weighted by Crippen LogP contribution is 2.06. The van der Waals surface area contributed by atoms with Gasteiger partial charge in [-0.05, 0) is 6.92 Å². The predicted molar refractivity (Wildman–Crippen MR) is 50.5 cm³/mol. The van der Waals surface area contributed by atoms with Gasteiger partial charge in [-0.1, -0.05) is 29.0 Å². The first-order chi connectivity index (χ1) is 4.81. The van der Waals surface area contributed by atoms with Crippen LogP contribution in [0.3, 0.4) is 0 Å². The molecule has 0 aliphatic rings. The summed E-state index contributed by atoms with van der Waals surface area (Å²) in [5, 5.41) is 0.